The zero-order chi connectivity index (χ0) is 12.4. The van der Waals surface area contributed by atoms with Crippen molar-refractivity contribution in [3.05, 3.63) is 16.0 Å². The first-order chi connectivity index (χ1) is 8.09. The molecule has 1 aliphatic heterocycles. The molecule has 1 aliphatic rings. The molecule has 0 radical (unpaired) electrons. The molecule has 1 aromatic heterocycles. The minimum atomic E-state index is -0.952. The molecule has 6 nitrogen and oxygen atoms in total. The van der Waals surface area contributed by atoms with Crippen molar-refractivity contribution in [1.29, 1.82) is 0 Å². The van der Waals surface area contributed by atoms with Crippen LogP contribution in [0.25, 0.3) is 0 Å². The molecule has 2 heterocycles. The van der Waals surface area contributed by atoms with E-state index >= 15 is 0 Å². The van der Waals surface area contributed by atoms with Crippen LogP contribution in [-0.4, -0.2) is 46.8 Å². The lowest BCUT2D eigenvalue weighted by molar-refractivity contribution is -0.141. The zero-order valence-corrected chi connectivity index (χ0v) is 11.0. The van der Waals surface area contributed by atoms with Crippen molar-refractivity contribution in [3.63, 3.8) is 0 Å². The molecule has 1 fully saturated rings. The van der Waals surface area contributed by atoms with E-state index in [0.29, 0.717) is 23.4 Å². The molecular formula is C9H9BrClN3O3. The number of aromatic nitrogens is 2. The van der Waals surface area contributed by atoms with Gasteiger partial charge in [0.05, 0.1) is 17.7 Å². The van der Waals surface area contributed by atoms with Gasteiger partial charge in [-0.15, -0.1) is 0 Å². The quantitative estimate of drug-likeness (QED) is 0.824. The Balaban J connectivity index is 2.35. The van der Waals surface area contributed by atoms with E-state index in [0.717, 1.165) is 0 Å². The van der Waals surface area contributed by atoms with Crippen LogP contribution in [0.15, 0.2) is 10.7 Å². The summed E-state index contributed by atoms with van der Waals surface area (Å²) in [4.78, 5) is 20.6. The zero-order valence-electron chi connectivity index (χ0n) is 8.64. The van der Waals surface area contributed by atoms with Gasteiger partial charge in [0.25, 0.3) is 0 Å². The van der Waals surface area contributed by atoms with Gasteiger partial charge in [0, 0.05) is 12.7 Å². The lowest BCUT2D eigenvalue weighted by atomic mass is 10.2. The third kappa shape index (κ3) is 2.67. The maximum Gasteiger partial charge on any atom is 0.328 e. The molecular weight excluding hydrogens is 313 g/mol. The predicted molar refractivity (Wildman–Crippen MR) is 64.3 cm³/mol. The third-order valence-corrected chi connectivity index (χ3v) is 3.12. The summed E-state index contributed by atoms with van der Waals surface area (Å²) in [6, 6.07) is -0.758. The van der Waals surface area contributed by atoms with E-state index in [1.54, 1.807) is 4.90 Å². The van der Waals surface area contributed by atoms with Gasteiger partial charge < -0.3 is 14.7 Å². The summed E-state index contributed by atoms with van der Waals surface area (Å²) in [6.07, 6.45) is 1.50. The molecule has 0 saturated carbocycles. The van der Waals surface area contributed by atoms with Crippen molar-refractivity contribution < 1.29 is 14.6 Å². The summed E-state index contributed by atoms with van der Waals surface area (Å²) in [6.45, 7) is 1.03. The monoisotopic (exact) mass is 321 g/mol. The van der Waals surface area contributed by atoms with E-state index in [4.69, 9.17) is 21.4 Å². The van der Waals surface area contributed by atoms with Gasteiger partial charge in [-0.1, -0.05) is 0 Å². The largest absolute Gasteiger partial charge is 0.480 e. The van der Waals surface area contributed by atoms with Crippen LogP contribution in [0.4, 0.5) is 5.82 Å². The lowest BCUT2D eigenvalue weighted by Gasteiger charge is -2.34. The second kappa shape index (κ2) is 5.16. The highest BCUT2D eigenvalue weighted by Gasteiger charge is 2.31. The second-order valence-corrected chi connectivity index (χ2v) is 4.63. The predicted octanol–water partition coefficient (Wildman–Crippen LogP) is 1.18. The SMILES string of the molecule is O=C(O)[C@H]1COCCN1c1nc(Cl)ncc1Br. The number of hydrogen-bond donors (Lipinski definition) is 1. The van der Waals surface area contributed by atoms with Gasteiger partial charge in [-0.25, -0.2) is 9.78 Å². The average molecular weight is 323 g/mol. The van der Waals surface area contributed by atoms with Gasteiger partial charge in [-0.2, -0.15) is 4.98 Å². The van der Waals surface area contributed by atoms with E-state index in [-0.39, 0.29) is 11.9 Å². The highest BCUT2D eigenvalue weighted by molar-refractivity contribution is 9.10. The van der Waals surface area contributed by atoms with Crippen molar-refractivity contribution in [3.8, 4) is 0 Å². The number of carboxylic acids is 1. The number of anilines is 1. The van der Waals surface area contributed by atoms with Crippen molar-refractivity contribution >= 4 is 39.3 Å². The molecule has 0 bridgehead atoms. The van der Waals surface area contributed by atoms with Crippen molar-refractivity contribution in [1.82, 2.24) is 9.97 Å². The minimum Gasteiger partial charge on any atom is -0.480 e. The topological polar surface area (TPSA) is 75.6 Å². The number of carbonyl (C=O) groups is 1. The Hall–Kier alpha value is -0.920. The van der Waals surface area contributed by atoms with Crippen molar-refractivity contribution in [2.24, 2.45) is 0 Å². The van der Waals surface area contributed by atoms with E-state index in [1.807, 2.05) is 0 Å². The molecule has 1 atom stereocenters. The minimum absolute atomic E-state index is 0.0823. The van der Waals surface area contributed by atoms with E-state index in [2.05, 4.69) is 25.9 Å². The highest BCUT2D eigenvalue weighted by atomic mass is 79.9. The van der Waals surface area contributed by atoms with Crippen LogP contribution in [0.1, 0.15) is 0 Å². The van der Waals surface area contributed by atoms with Crippen LogP contribution in [0.3, 0.4) is 0 Å². The Kier molecular flexibility index (Phi) is 3.80. The Morgan fingerprint density at radius 2 is 2.47 bits per heavy atom. The van der Waals surface area contributed by atoms with Gasteiger partial charge in [0.15, 0.2) is 6.04 Å². The van der Waals surface area contributed by atoms with Crippen molar-refractivity contribution in [2.75, 3.05) is 24.7 Å². The smallest absolute Gasteiger partial charge is 0.328 e. The molecule has 0 aromatic carbocycles. The highest BCUT2D eigenvalue weighted by Crippen LogP contribution is 2.27. The Morgan fingerprint density at radius 3 is 3.18 bits per heavy atom. The van der Waals surface area contributed by atoms with E-state index < -0.39 is 12.0 Å². The number of hydrogen-bond acceptors (Lipinski definition) is 5. The number of rotatable bonds is 2. The van der Waals surface area contributed by atoms with Crippen LogP contribution in [0.5, 0.6) is 0 Å². The first-order valence-electron chi connectivity index (χ1n) is 4.85. The molecule has 1 N–H and O–H groups in total. The van der Waals surface area contributed by atoms with Crippen LogP contribution < -0.4 is 4.90 Å². The molecule has 1 saturated heterocycles. The molecule has 0 amide bonds. The fourth-order valence-corrected chi connectivity index (χ4v) is 2.15. The summed E-state index contributed by atoms with van der Waals surface area (Å²) in [5.74, 6) is -0.480. The Morgan fingerprint density at radius 1 is 1.71 bits per heavy atom. The summed E-state index contributed by atoms with van der Waals surface area (Å²) in [5, 5.41) is 9.20. The first-order valence-corrected chi connectivity index (χ1v) is 6.02. The number of aliphatic carboxylic acids is 1. The number of carboxylic acid groups (broad SMARTS) is 1. The molecule has 0 spiro atoms. The molecule has 8 heteroatoms. The van der Waals surface area contributed by atoms with Crippen LogP contribution in [-0.2, 0) is 9.53 Å². The first kappa shape index (κ1) is 12.5. The average Bonchev–Trinajstić information content (AvgIpc) is 2.32. The number of nitrogens with zero attached hydrogens (tertiary/aromatic N) is 3. The van der Waals surface area contributed by atoms with E-state index in [9.17, 15) is 4.79 Å². The normalized spacial score (nSPS) is 20.4. The third-order valence-electron chi connectivity index (χ3n) is 2.38. The molecule has 2 rings (SSSR count). The molecule has 92 valence electrons. The lowest BCUT2D eigenvalue weighted by Crippen LogP contribution is -2.50. The molecule has 1 aromatic rings. The van der Waals surface area contributed by atoms with Crippen molar-refractivity contribution in [2.45, 2.75) is 6.04 Å². The summed E-state index contributed by atoms with van der Waals surface area (Å²) in [7, 11) is 0. The second-order valence-electron chi connectivity index (χ2n) is 3.43. The standard InChI is InChI=1S/C9H9BrClN3O3/c10-5-3-12-9(11)13-7(5)14-1-2-17-4-6(14)8(15)16/h3,6H,1-2,4H2,(H,15,16)/t6-/m1/s1. The van der Waals surface area contributed by atoms with Gasteiger partial charge in [-0.05, 0) is 27.5 Å². The summed E-state index contributed by atoms with van der Waals surface area (Å²) < 4.78 is 5.76. The summed E-state index contributed by atoms with van der Waals surface area (Å²) in [5.41, 5.74) is 0. The molecule has 17 heavy (non-hydrogen) atoms. The van der Waals surface area contributed by atoms with Crippen LogP contribution >= 0.6 is 27.5 Å². The fraction of sp³-hybridized carbons (Fsp3) is 0.444. The number of halogens is 2. The van der Waals surface area contributed by atoms with Gasteiger partial charge >= 0.3 is 5.97 Å². The summed E-state index contributed by atoms with van der Waals surface area (Å²) >= 11 is 9.00. The van der Waals surface area contributed by atoms with E-state index in [1.165, 1.54) is 6.20 Å². The maximum atomic E-state index is 11.1. The van der Waals surface area contributed by atoms with Crippen LogP contribution in [0.2, 0.25) is 5.28 Å². The maximum absolute atomic E-state index is 11.1. The van der Waals surface area contributed by atoms with Gasteiger partial charge in [0.2, 0.25) is 5.28 Å². The van der Waals surface area contributed by atoms with Crippen LogP contribution in [0, 0.1) is 0 Å². The number of ether oxygens (including phenoxy) is 1. The van der Waals surface area contributed by atoms with Gasteiger partial charge in [0.1, 0.15) is 5.82 Å². The Bertz CT molecular complexity index is 445. The fourth-order valence-electron chi connectivity index (χ4n) is 1.60. The molecule has 0 unspecified atom stereocenters. The number of morpholine rings is 1. The molecule has 0 aliphatic carbocycles. The Labute approximate surface area is 111 Å². The van der Waals surface area contributed by atoms with Gasteiger partial charge in [-0.3, -0.25) is 0 Å².